The molecule has 3 N–H and O–H groups in total. The van der Waals surface area contributed by atoms with E-state index in [1.54, 1.807) is 12.1 Å². The predicted molar refractivity (Wildman–Crippen MR) is 103 cm³/mol. The molecule has 28 heavy (non-hydrogen) atoms. The lowest BCUT2D eigenvalue weighted by Gasteiger charge is -2.21. The molecule has 2 aromatic rings. The summed E-state index contributed by atoms with van der Waals surface area (Å²) in [6, 6.07) is 7.42. The first kappa shape index (κ1) is 19.6. The number of phenols is 2. The van der Waals surface area contributed by atoms with Crippen LogP contribution in [0.5, 0.6) is 11.5 Å². The Balaban J connectivity index is 1.87. The molecule has 0 fully saturated rings. The minimum absolute atomic E-state index is 0.0990. The highest BCUT2D eigenvalue weighted by Crippen LogP contribution is 2.40. The summed E-state index contributed by atoms with van der Waals surface area (Å²) in [4.78, 5) is 39.7. The van der Waals surface area contributed by atoms with Crippen LogP contribution in [-0.4, -0.2) is 59.8 Å². The molecule has 0 saturated heterocycles. The Hall–Kier alpha value is -3.19. The Bertz CT molecular complexity index is 966. The zero-order chi connectivity index (χ0) is 20.4. The molecule has 2 aromatic carbocycles. The largest absolute Gasteiger partial charge is 0.507 e. The minimum atomic E-state index is -0.550. The van der Waals surface area contributed by atoms with Crippen molar-refractivity contribution < 1.29 is 24.6 Å². The van der Waals surface area contributed by atoms with Gasteiger partial charge in [0.1, 0.15) is 11.5 Å². The Morgan fingerprint density at radius 3 is 2.25 bits per heavy atom. The molecule has 1 aliphatic rings. The smallest absolute Gasteiger partial charge is 0.224 e. The molecule has 1 amide bonds. The fourth-order valence-electron chi connectivity index (χ4n) is 3.31. The number of carbonyl (C=O) groups excluding carboxylic acids is 3. The van der Waals surface area contributed by atoms with Crippen LogP contribution in [0.25, 0.3) is 0 Å². The summed E-state index contributed by atoms with van der Waals surface area (Å²) >= 11 is 0. The third-order valence-corrected chi connectivity index (χ3v) is 4.68. The number of benzene rings is 2. The van der Waals surface area contributed by atoms with Crippen molar-refractivity contribution in [3.05, 3.63) is 58.1 Å². The summed E-state index contributed by atoms with van der Waals surface area (Å²) in [6.45, 7) is 1.29. The van der Waals surface area contributed by atoms with Gasteiger partial charge in [-0.3, -0.25) is 14.4 Å². The van der Waals surface area contributed by atoms with Crippen LogP contribution < -0.4 is 5.32 Å². The fourth-order valence-corrected chi connectivity index (χ4v) is 3.31. The van der Waals surface area contributed by atoms with Gasteiger partial charge in [0, 0.05) is 23.2 Å². The van der Waals surface area contributed by atoms with Crippen molar-refractivity contribution in [1.82, 2.24) is 10.2 Å². The van der Waals surface area contributed by atoms with E-state index in [-0.39, 0.29) is 40.1 Å². The van der Waals surface area contributed by atoms with Crippen molar-refractivity contribution in [2.75, 3.05) is 27.2 Å². The van der Waals surface area contributed by atoms with Gasteiger partial charge in [-0.2, -0.15) is 0 Å². The maximum absolute atomic E-state index is 12.8. The number of amides is 1. The van der Waals surface area contributed by atoms with Gasteiger partial charge >= 0.3 is 0 Å². The van der Waals surface area contributed by atoms with Gasteiger partial charge in [-0.25, -0.2) is 0 Å². The summed E-state index contributed by atoms with van der Waals surface area (Å²) in [5.41, 5.74) is -0.0292. The van der Waals surface area contributed by atoms with Gasteiger partial charge in [0.15, 0.2) is 11.6 Å². The van der Waals surface area contributed by atoms with Gasteiger partial charge in [-0.05, 0) is 33.1 Å². The first-order valence-corrected chi connectivity index (χ1v) is 8.99. The van der Waals surface area contributed by atoms with E-state index in [9.17, 15) is 24.6 Å². The van der Waals surface area contributed by atoms with E-state index in [1.807, 2.05) is 19.0 Å². The maximum Gasteiger partial charge on any atom is 0.224 e. The first-order valence-electron chi connectivity index (χ1n) is 8.99. The normalized spacial score (nSPS) is 12.7. The molecule has 0 bridgehead atoms. The summed E-state index contributed by atoms with van der Waals surface area (Å²) in [5, 5.41) is 23.7. The third-order valence-electron chi connectivity index (χ3n) is 4.68. The standard InChI is InChI=1S/C21H22N2O5/c1-23(2)9-5-8-22-16(25)11-12-10-15(24)17-18(19(12)26)21(28)14-7-4-3-6-13(14)20(17)27/h3-4,6-7,10,24,26H,5,8-9,11H2,1-2H3,(H,22,25). The van der Waals surface area contributed by atoms with Crippen LogP contribution in [0, 0.1) is 0 Å². The van der Waals surface area contributed by atoms with E-state index < -0.39 is 23.1 Å². The zero-order valence-electron chi connectivity index (χ0n) is 15.8. The molecule has 0 aromatic heterocycles. The molecular weight excluding hydrogens is 360 g/mol. The molecular formula is C21H22N2O5. The first-order chi connectivity index (χ1) is 13.3. The third kappa shape index (κ3) is 3.61. The molecule has 0 radical (unpaired) electrons. The molecule has 7 nitrogen and oxygen atoms in total. The average Bonchev–Trinajstić information content (AvgIpc) is 2.65. The van der Waals surface area contributed by atoms with Crippen LogP contribution in [0.15, 0.2) is 30.3 Å². The van der Waals surface area contributed by atoms with E-state index in [0.29, 0.717) is 6.54 Å². The van der Waals surface area contributed by atoms with Gasteiger partial charge in [0.25, 0.3) is 0 Å². The monoisotopic (exact) mass is 382 g/mol. The SMILES string of the molecule is CN(C)CCCNC(=O)Cc1cc(O)c2c(c1O)C(=O)c1ccccc1C2=O. The highest BCUT2D eigenvalue weighted by atomic mass is 16.3. The van der Waals surface area contributed by atoms with Crippen molar-refractivity contribution in [3.8, 4) is 11.5 Å². The topological polar surface area (TPSA) is 107 Å². The Morgan fingerprint density at radius 1 is 1.04 bits per heavy atom. The van der Waals surface area contributed by atoms with Gasteiger partial charge in [0.2, 0.25) is 5.91 Å². The minimum Gasteiger partial charge on any atom is -0.507 e. The molecule has 146 valence electrons. The predicted octanol–water partition coefficient (Wildman–Crippen LogP) is 1.48. The van der Waals surface area contributed by atoms with Crippen LogP contribution in [0.2, 0.25) is 0 Å². The van der Waals surface area contributed by atoms with Gasteiger partial charge in [0.05, 0.1) is 17.5 Å². The van der Waals surface area contributed by atoms with Crippen molar-refractivity contribution in [2.45, 2.75) is 12.8 Å². The van der Waals surface area contributed by atoms with Crippen molar-refractivity contribution in [2.24, 2.45) is 0 Å². The van der Waals surface area contributed by atoms with Gasteiger partial charge in [-0.1, -0.05) is 24.3 Å². The van der Waals surface area contributed by atoms with Crippen LogP contribution >= 0.6 is 0 Å². The maximum atomic E-state index is 12.8. The summed E-state index contributed by atoms with van der Waals surface area (Å²) in [6.07, 6.45) is 0.557. The van der Waals surface area contributed by atoms with Crippen LogP contribution in [0.3, 0.4) is 0 Å². The fraction of sp³-hybridized carbons (Fsp3) is 0.286. The van der Waals surface area contributed by atoms with Crippen molar-refractivity contribution in [1.29, 1.82) is 0 Å². The van der Waals surface area contributed by atoms with E-state index in [2.05, 4.69) is 5.32 Å². The zero-order valence-corrected chi connectivity index (χ0v) is 15.8. The second-order valence-corrected chi connectivity index (χ2v) is 7.04. The number of nitrogens with zero attached hydrogens (tertiary/aromatic N) is 1. The number of nitrogens with one attached hydrogen (secondary N) is 1. The second kappa shape index (κ2) is 7.82. The van der Waals surface area contributed by atoms with E-state index >= 15 is 0 Å². The summed E-state index contributed by atoms with van der Waals surface area (Å²) in [7, 11) is 3.87. The van der Waals surface area contributed by atoms with Gasteiger partial charge < -0.3 is 20.4 Å². The Kier molecular flexibility index (Phi) is 5.46. The van der Waals surface area contributed by atoms with Crippen LogP contribution in [0.1, 0.15) is 43.8 Å². The van der Waals surface area contributed by atoms with E-state index in [4.69, 9.17) is 0 Å². The van der Waals surface area contributed by atoms with Crippen molar-refractivity contribution >= 4 is 17.5 Å². The molecule has 7 heteroatoms. The number of hydrogen-bond acceptors (Lipinski definition) is 6. The second-order valence-electron chi connectivity index (χ2n) is 7.04. The average molecular weight is 382 g/mol. The number of phenolic OH excluding ortho intramolecular Hbond substituents is 2. The van der Waals surface area contributed by atoms with E-state index in [1.165, 1.54) is 18.2 Å². The number of ketones is 2. The Morgan fingerprint density at radius 2 is 1.64 bits per heavy atom. The number of hydrogen-bond donors (Lipinski definition) is 3. The molecule has 0 spiro atoms. The molecule has 3 rings (SSSR count). The highest BCUT2D eigenvalue weighted by molar-refractivity contribution is 6.30. The van der Waals surface area contributed by atoms with Gasteiger partial charge in [-0.15, -0.1) is 0 Å². The number of fused-ring (bicyclic) bond motifs is 2. The highest BCUT2D eigenvalue weighted by Gasteiger charge is 2.35. The Labute approximate surface area is 162 Å². The molecule has 0 unspecified atom stereocenters. The summed E-state index contributed by atoms with van der Waals surface area (Å²) in [5.74, 6) is -2.28. The summed E-state index contributed by atoms with van der Waals surface area (Å²) < 4.78 is 0. The lowest BCUT2D eigenvalue weighted by molar-refractivity contribution is -0.120. The molecule has 0 heterocycles. The lowest BCUT2D eigenvalue weighted by Crippen LogP contribution is -2.28. The lowest BCUT2D eigenvalue weighted by atomic mass is 9.82. The van der Waals surface area contributed by atoms with Crippen molar-refractivity contribution in [3.63, 3.8) is 0 Å². The molecule has 0 saturated carbocycles. The van der Waals surface area contributed by atoms with E-state index in [0.717, 1.165) is 13.0 Å². The molecule has 0 aliphatic heterocycles. The number of carbonyl (C=O) groups is 3. The molecule has 0 atom stereocenters. The molecule has 1 aliphatic carbocycles. The van der Waals surface area contributed by atoms with Crippen LogP contribution in [-0.2, 0) is 11.2 Å². The quantitative estimate of drug-likeness (QED) is 0.440. The number of rotatable bonds is 6. The number of aromatic hydroxyl groups is 2. The van der Waals surface area contributed by atoms with Crippen LogP contribution in [0.4, 0.5) is 0 Å².